The van der Waals surface area contributed by atoms with E-state index in [2.05, 4.69) is 59.6 Å². The Morgan fingerprint density at radius 2 is 1.93 bits per heavy atom. The van der Waals surface area contributed by atoms with Crippen LogP contribution in [-0.2, 0) is 13.0 Å². The molecule has 7 heteroatoms. The van der Waals surface area contributed by atoms with E-state index in [0.717, 1.165) is 46.6 Å². The van der Waals surface area contributed by atoms with Crippen molar-refractivity contribution in [1.29, 1.82) is 0 Å². The van der Waals surface area contributed by atoms with Gasteiger partial charge in [-0.05, 0) is 42.2 Å². The van der Waals surface area contributed by atoms with Crippen molar-refractivity contribution in [1.82, 2.24) is 34.5 Å². The van der Waals surface area contributed by atoms with Gasteiger partial charge in [-0.2, -0.15) is 0 Å². The first-order valence-corrected chi connectivity index (χ1v) is 8.99. The average Bonchev–Trinajstić information content (AvgIpc) is 3.41. The van der Waals surface area contributed by atoms with Gasteiger partial charge in [0.1, 0.15) is 11.3 Å². The summed E-state index contributed by atoms with van der Waals surface area (Å²) < 4.78 is 2.21. The van der Waals surface area contributed by atoms with Crippen LogP contribution in [0.1, 0.15) is 12.5 Å². The second-order valence-electron chi connectivity index (χ2n) is 6.92. The highest BCUT2D eigenvalue weighted by Crippen LogP contribution is 2.23. The van der Waals surface area contributed by atoms with Crippen LogP contribution in [0.15, 0.2) is 55.5 Å². The molecule has 5 rings (SSSR count). The van der Waals surface area contributed by atoms with Crippen molar-refractivity contribution >= 4 is 22.2 Å². The van der Waals surface area contributed by atoms with Gasteiger partial charge in [-0.25, -0.2) is 19.9 Å². The van der Waals surface area contributed by atoms with Gasteiger partial charge in [0.15, 0.2) is 5.65 Å². The molecule has 7 nitrogen and oxygen atoms in total. The van der Waals surface area contributed by atoms with Crippen LogP contribution in [0, 0.1) is 5.92 Å². The number of hydrogen-bond donors (Lipinski definition) is 2. The van der Waals surface area contributed by atoms with Gasteiger partial charge in [0.25, 0.3) is 0 Å². The highest BCUT2D eigenvalue weighted by Gasteiger charge is 2.13. The van der Waals surface area contributed by atoms with E-state index in [4.69, 9.17) is 0 Å². The number of H-pyrrole nitrogens is 2. The second kappa shape index (κ2) is 6.35. The number of nitrogens with one attached hydrogen (secondary N) is 2. The Kier molecular flexibility index (Phi) is 3.71. The van der Waals surface area contributed by atoms with Gasteiger partial charge in [0, 0.05) is 30.7 Å². The number of hydrogen-bond acceptors (Lipinski definition) is 4. The minimum atomic E-state index is 0.425. The summed E-state index contributed by atoms with van der Waals surface area (Å²) in [7, 11) is 0. The first-order chi connectivity index (χ1) is 13.3. The smallest absolute Gasteiger partial charge is 0.157 e. The van der Waals surface area contributed by atoms with Crippen molar-refractivity contribution in [2.24, 2.45) is 5.92 Å². The molecule has 0 radical (unpaired) electrons. The molecule has 5 aromatic rings. The van der Waals surface area contributed by atoms with E-state index in [-0.39, 0.29) is 0 Å². The maximum Gasteiger partial charge on any atom is 0.157 e. The molecule has 1 atom stereocenters. The van der Waals surface area contributed by atoms with E-state index >= 15 is 0 Å². The van der Waals surface area contributed by atoms with Gasteiger partial charge < -0.3 is 14.5 Å². The number of nitrogens with zero attached hydrogens (tertiary/aromatic N) is 5. The summed E-state index contributed by atoms with van der Waals surface area (Å²) in [5.74, 6) is 1.39. The van der Waals surface area contributed by atoms with Gasteiger partial charge in [-0.15, -0.1) is 0 Å². The van der Waals surface area contributed by atoms with Gasteiger partial charge in [0.05, 0.1) is 23.7 Å². The van der Waals surface area contributed by atoms with E-state index in [0.29, 0.717) is 5.92 Å². The molecule has 0 aliphatic carbocycles. The summed E-state index contributed by atoms with van der Waals surface area (Å²) in [6.45, 7) is 3.13. The van der Waals surface area contributed by atoms with Crippen LogP contribution in [0.5, 0.6) is 0 Å². The predicted molar refractivity (Wildman–Crippen MR) is 104 cm³/mol. The molecule has 0 spiro atoms. The molecule has 1 unspecified atom stereocenters. The molecule has 1 aromatic carbocycles. The van der Waals surface area contributed by atoms with E-state index < -0.39 is 0 Å². The Labute approximate surface area is 155 Å². The molecule has 0 aliphatic heterocycles. The number of rotatable bonds is 5. The minimum Gasteiger partial charge on any atom is -0.345 e. The van der Waals surface area contributed by atoms with Crippen LogP contribution >= 0.6 is 0 Å². The summed E-state index contributed by atoms with van der Waals surface area (Å²) in [6, 6.07) is 8.26. The Morgan fingerprint density at radius 1 is 1.00 bits per heavy atom. The fourth-order valence-corrected chi connectivity index (χ4v) is 3.63. The number of pyridine rings is 1. The third-order valence-corrected chi connectivity index (χ3v) is 4.87. The van der Waals surface area contributed by atoms with Gasteiger partial charge in [0.2, 0.25) is 0 Å². The van der Waals surface area contributed by atoms with Gasteiger partial charge in [-0.3, -0.25) is 0 Å². The maximum absolute atomic E-state index is 4.58. The van der Waals surface area contributed by atoms with Crippen LogP contribution < -0.4 is 0 Å². The number of aromatic nitrogens is 7. The van der Waals surface area contributed by atoms with Crippen LogP contribution in [0.3, 0.4) is 0 Å². The molecular weight excluding hydrogens is 338 g/mol. The summed E-state index contributed by atoms with van der Waals surface area (Å²) in [6.07, 6.45) is 10.1. The van der Waals surface area contributed by atoms with E-state index in [1.807, 2.05) is 24.7 Å². The maximum atomic E-state index is 4.58. The highest BCUT2D eigenvalue weighted by atomic mass is 15.1. The zero-order valence-electron chi connectivity index (χ0n) is 14.9. The predicted octanol–water partition coefficient (Wildman–Crippen LogP) is 3.58. The molecule has 0 amide bonds. The largest absolute Gasteiger partial charge is 0.345 e. The van der Waals surface area contributed by atoms with Crippen LogP contribution in [0.2, 0.25) is 0 Å². The molecule has 0 saturated carbocycles. The van der Waals surface area contributed by atoms with Crippen LogP contribution in [0.4, 0.5) is 0 Å². The summed E-state index contributed by atoms with van der Waals surface area (Å²) >= 11 is 0. The zero-order chi connectivity index (χ0) is 18.2. The summed E-state index contributed by atoms with van der Waals surface area (Å²) in [5, 5.41) is 0. The fraction of sp³-hybridized carbons (Fsp3) is 0.200. The normalized spacial score (nSPS) is 12.8. The van der Waals surface area contributed by atoms with E-state index in [1.165, 1.54) is 5.56 Å². The van der Waals surface area contributed by atoms with Crippen molar-refractivity contribution in [3.63, 3.8) is 0 Å². The first-order valence-electron chi connectivity index (χ1n) is 8.99. The molecular formula is C20H19N7. The first kappa shape index (κ1) is 15.7. The average molecular weight is 357 g/mol. The summed E-state index contributed by atoms with van der Waals surface area (Å²) in [4.78, 5) is 23.9. The number of imidazole rings is 3. The van der Waals surface area contributed by atoms with Crippen molar-refractivity contribution in [2.75, 3.05) is 0 Å². The molecule has 0 aliphatic rings. The fourth-order valence-electron chi connectivity index (χ4n) is 3.63. The van der Waals surface area contributed by atoms with Gasteiger partial charge >= 0.3 is 0 Å². The lowest BCUT2D eigenvalue weighted by Gasteiger charge is -2.15. The molecule has 4 aromatic heterocycles. The van der Waals surface area contributed by atoms with Crippen molar-refractivity contribution in [3.05, 3.63) is 61.1 Å². The van der Waals surface area contributed by atoms with Crippen molar-refractivity contribution < 1.29 is 0 Å². The third kappa shape index (κ3) is 2.87. The zero-order valence-corrected chi connectivity index (χ0v) is 14.9. The SMILES string of the molecule is CC(Cc1ccnc2[nH]cnc12)Cn1ccnc1-c1ccc2[nH]cnc2c1. The topological polar surface area (TPSA) is 88.1 Å². The molecule has 0 bridgehead atoms. The van der Waals surface area contributed by atoms with Crippen LogP contribution in [0.25, 0.3) is 33.6 Å². The Hall–Kier alpha value is -3.48. The monoisotopic (exact) mass is 357 g/mol. The Morgan fingerprint density at radius 3 is 2.89 bits per heavy atom. The summed E-state index contributed by atoms with van der Waals surface area (Å²) in [5.41, 5.74) is 6.08. The third-order valence-electron chi connectivity index (χ3n) is 4.87. The van der Waals surface area contributed by atoms with Gasteiger partial charge in [-0.1, -0.05) is 6.92 Å². The van der Waals surface area contributed by atoms with E-state index in [9.17, 15) is 0 Å². The highest BCUT2D eigenvalue weighted by molar-refractivity contribution is 5.80. The van der Waals surface area contributed by atoms with Crippen LogP contribution in [-0.4, -0.2) is 34.5 Å². The Balaban J connectivity index is 1.40. The van der Waals surface area contributed by atoms with Crippen molar-refractivity contribution in [2.45, 2.75) is 19.9 Å². The molecule has 4 heterocycles. The lowest BCUT2D eigenvalue weighted by Crippen LogP contribution is -2.11. The minimum absolute atomic E-state index is 0.425. The van der Waals surface area contributed by atoms with Crippen molar-refractivity contribution in [3.8, 4) is 11.4 Å². The quantitative estimate of drug-likeness (QED) is 0.503. The molecule has 27 heavy (non-hydrogen) atoms. The molecule has 0 fully saturated rings. The molecule has 134 valence electrons. The lowest BCUT2D eigenvalue weighted by atomic mass is 10.0. The number of aromatic amines is 2. The number of benzene rings is 1. The lowest BCUT2D eigenvalue weighted by molar-refractivity contribution is 0.483. The Bertz CT molecular complexity index is 1210. The standard InChI is InChI=1S/C20H19N7/c1-13(8-14-4-5-21-19-18(14)25-12-26-19)10-27-7-6-22-20(27)15-2-3-16-17(9-15)24-11-23-16/h2-7,9,11-13H,8,10H2,1H3,(H,23,24)(H,21,25,26). The van der Waals surface area contributed by atoms with E-state index in [1.54, 1.807) is 12.7 Å². The molecule has 0 saturated heterocycles. The second-order valence-corrected chi connectivity index (χ2v) is 6.92. The number of fused-ring (bicyclic) bond motifs is 2. The molecule has 2 N–H and O–H groups in total.